The molecule has 158 valence electrons. The number of aryl methyl sites for hydroxylation is 2. The molecule has 1 N–H and O–H groups in total. The van der Waals surface area contributed by atoms with Gasteiger partial charge in [0.15, 0.2) is 5.78 Å². The molecule has 1 aromatic carbocycles. The van der Waals surface area contributed by atoms with E-state index < -0.39 is 0 Å². The highest BCUT2D eigenvalue weighted by Crippen LogP contribution is 2.38. The van der Waals surface area contributed by atoms with Gasteiger partial charge in [0.2, 0.25) is 0 Å². The van der Waals surface area contributed by atoms with Crippen molar-refractivity contribution in [3.63, 3.8) is 0 Å². The van der Waals surface area contributed by atoms with Crippen LogP contribution < -0.4 is 9.80 Å². The van der Waals surface area contributed by atoms with Crippen LogP contribution in [0.15, 0.2) is 36.5 Å². The lowest BCUT2D eigenvalue weighted by molar-refractivity contribution is 0.0962. The maximum Gasteiger partial charge on any atom is 0.164 e. The van der Waals surface area contributed by atoms with Crippen molar-refractivity contribution in [3.05, 3.63) is 53.2 Å². The average molecular weight is 407 g/mol. The third kappa shape index (κ3) is 3.82. The Bertz CT molecular complexity index is 892. The van der Waals surface area contributed by atoms with Gasteiger partial charge in [0.25, 0.3) is 0 Å². The maximum absolute atomic E-state index is 13.0. The average Bonchev–Trinajstić information content (AvgIpc) is 2.80. The standard InChI is InChI=1S/C24H30N4O2/c29-21(8-11-26-12-14-27(15-13-26)22-5-1-2-9-25-22)20-16-18-4-3-10-28-23(30)7-6-19(17-20)24(18)28/h1-2,5,9,16-17,23,30H,3-4,6-8,10-15H2. The number of benzene rings is 1. The van der Waals surface area contributed by atoms with Gasteiger partial charge < -0.3 is 14.9 Å². The molecule has 0 spiro atoms. The van der Waals surface area contributed by atoms with E-state index in [1.807, 2.05) is 18.3 Å². The van der Waals surface area contributed by atoms with Crippen LogP contribution in [0.1, 0.15) is 40.7 Å². The lowest BCUT2D eigenvalue weighted by Crippen LogP contribution is -2.47. The van der Waals surface area contributed by atoms with Crippen molar-refractivity contribution in [2.24, 2.45) is 0 Å². The number of piperazine rings is 1. The molecule has 6 heteroatoms. The van der Waals surface area contributed by atoms with Crippen LogP contribution >= 0.6 is 0 Å². The van der Waals surface area contributed by atoms with E-state index in [0.717, 1.165) is 76.3 Å². The molecule has 30 heavy (non-hydrogen) atoms. The van der Waals surface area contributed by atoms with E-state index in [1.165, 1.54) is 16.8 Å². The molecule has 1 atom stereocenters. The number of aliphatic hydroxyl groups excluding tert-OH is 1. The molecule has 1 saturated heterocycles. The minimum absolute atomic E-state index is 0.240. The van der Waals surface area contributed by atoms with Crippen molar-refractivity contribution in [2.45, 2.75) is 38.3 Å². The van der Waals surface area contributed by atoms with Gasteiger partial charge >= 0.3 is 0 Å². The Morgan fingerprint density at radius 1 is 1.07 bits per heavy atom. The summed E-state index contributed by atoms with van der Waals surface area (Å²) < 4.78 is 0. The second-order valence-electron chi connectivity index (χ2n) is 8.65. The van der Waals surface area contributed by atoms with Gasteiger partial charge in [0.1, 0.15) is 12.0 Å². The summed E-state index contributed by atoms with van der Waals surface area (Å²) in [5, 5.41) is 10.3. The van der Waals surface area contributed by atoms with Crippen LogP contribution in [0, 0.1) is 0 Å². The number of hydrogen-bond acceptors (Lipinski definition) is 6. The smallest absolute Gasteiger partial charge is 0.164 e. The van der Waals surface area contributed by atoms with Crippen LogP contribution in [-0.2, 0) is 12.8 Å². The minimum atomic E-state index is -0.372. The zero-order valence-electron chi connectivity index (χ0n) is 17.5. The molecule has 1 fully saturated rings. The number of nitrogens with zero attached hydrogens (tertiary/aromatic N) is 4. The topological polar surface area (TPSA) is 59.9 Å². The van der Waals surface area contributed by atoms with Gasteiger partial charge in [-0.05, 0) is 61.1 Å². The van der Waals surface area contributed by atoms with Crippen LogP contribution in [0.25, 0.3) is 0 Å². The van der Waals surface area contributed by atoms with Gasteiger partial charge in [-0.1, -0.05) is 6.07 Å². The Balaban J connectivity index is 1.20. The summed E-state index contributed by atoms with van der Waals surface area (Å²) in [4.78, 5) is 24.3. The minimum Gasteiger partial charge on any atom is -0.374 e. The lowest BCUT2D eigenvalue weighted by atomic mass is 9.88. The fourth-order valence-electron chi connectivity index (χ4n) is 5.11. The molecule has 6 nitrogen and oxygen atoms in total. The second-order valence-corrected chi connectivity index (χ2v) is 8.65. The molecule has 0 saturated carbocycles. The lowest BCUT2D eigenvalue weighted by Gasteiger charge is -2.40. The molecule has 0 bridgehead atoms. The summed E-state index contributed by atoms with van der Waals surface area (Å²) in [6, 6.07) is 10.2. The quantitative estimate of drug-likeness (QED) is 0.770. The molecule has 0 aliphatic carbocycles. The van der Waals surface area contributed by atoms with Crippen molar-refractivity contribution in [1.29, 1.82) is 0 Å². The number of Topliss-reactive ketones (excluding diaryl/α,β-unsaturated/α-hetero) is 1. The van der Waals surface area contributed by atoms with E-state index in [9.17, 15) is 9.90 Å². The molecular formula is C24H30N4O2. The van der Waals surface area contributed by atoms with Gasteiger partial charge in [-0.15, -0.1) is 0 Å². The molecule has 3 aliphatic heterocycles. The van der Waals surface area contributed by atoms with Crippen LogP contribution in [-0.4, -0.2) is 66.3 Å². The highest BCUT2D eigenvalue weighted by Gasteiger charge is 2.30. The van der Waals surface area contributed by atoms with Gasteiger partial charge in [-0.2, -0.15) is 0 Å². The van der Waals surface area contributed by atoms with Crippen LogP contribution in [0.4, 0.5) is 11.5 Å². The van der Waals surface area contributed by atoms with E-state index >= 15 is 0 Å². The zero-order valence-corrected chi connectivity index (χ0v) is 17.5. The third-order valence-electron chi connectivity index (χ3n) is 6.75. The van der Waals surface area contributed by atoms with Crippen LogP contribution in [0.3, 0.4) is 0 Å². The Hall–Kier alpha value is -2.44. The molecular weight excluding hydrogens is 376 g/mol. The number of hydrogen-bond donors (Lipinski definition) is 1. The molecule has 0 radical (unpaired) electrons. The number of anilines is 2. The van der Waals surface area contributed by atoms with E-state index in [-0.39, 0.29) is 12.0 Å². The normalized spacial score (nSPS) is 21.4. The molecule has 5 rings (SSSR count). The number of carbonyl (C=O) groups is 1. The Labute approximate surface area is 178 Å². The SMILES string of the molecule is O=C(CCN1CCN(c2ccccn2)CC1)c1cc2c3c(c1)CCC(O)N3CCC2. The molecule has 3 aliphatic rings. The molecule has 1 aromatic heterocycles. The highest BCUT2D eigenvalue weighted by molar-refractivity contribution is 5.97. The summed E-state index contributed by atoms with van der Waals surface area (Å²) in [7, 11) is 0. The summed E-state index contributed by atoms with van der Waals surface area (Å²) in [6.45, 7) is 5.56. The van der Waals surface area contributed by atoms with Crippen molar-refractivity contribution in [3.8, 4) is 0 Å². The zero-order chi connectivity index (χ0) is 20.5. The van der Waals surface area contributed by atoms with Gasteiger partial charge in [0.05, 0.1) is 0 Å². The Morgan fingerprint density at radius 3 is 2.63 bits per heavy atom. The number of aliphatic hydroxyl groups is 1. The first-order valence-corrected chi connectivity index (χ1v) is 11.2. The molecule has 2 aromatic rings. The number of aromatic nitrogens is 1. The van der Waals surface area contributed by atoms with Crippen molar-refractivity contribution in [2.75, 3.05) is 49.1 Å². The summed E-state index contributed by atoms with van der Waals surface area (Å²) in [5.41, 5.74) is 4.53. The Morgan fingerprint density at radius 2 is 1.87 bits per heavy atom. The maximum atomic E-state index is 13.0. The van der Waals surface area contributed by atoms with E-state index in [0.29, 0.717) is 6.42 Å². The van der Waals surface area contributed by atoms with Crippen molar-refractivity contribution in [1.82, 2.24) is 9.88 Å². The second kappa shape index (κ2) is 8.36. The fraction of sp³-hybridized carbons (Fsp3) is 0.500. The number of pyridine rings is 1. The Kier molecular flexibility index (Phi) is 5.44. The molecule has 4 heterocycles. The number of ketones is 1. The first kappa shape index (κ1) is 19.5. The van der Waals surface area contributed by atoms with E-state index in [4.69, 9.17) is 0 Å². The van der Waals surface area contributed by atoms with Crippen molar-refractivity contribution >= 4 is 17.3 Å². The largest absolute Gasteiger partial charge is 0.374 e. The van der Waals surface area contributed by atoms with Gasteiger partial charge in [0, 0.05) is 63.1 Å². The molecule has 0 amide bonds. The molecule has 1 unspecified atom stereocenters. The number of carbonyl (C=O) groups excluding carboxylic acids is 1. The first-order valence-electron chi connectivity index (χ1n) is 11.2. The number of rotatable bonds is 5. The predicted octanol–water partition coefficient (Wildman–Crippen LogP) is 2.49. The third-order valence-corrected chi connectivity index (χ3v) is 6.75. The predicted molar refractivity (Wildman–Crippen MR) is 118 cm³/mol. The van der Waals surface area contributed by atoms with Crippen LogP contribution in [0.5, 0.6) is 0 Å². The fourth-order valence-corrected chi connectivity index (χ4v) is 5.11. The summed E-state index contributed by atoms with van der Waals surface area (Å²) in [6.07, 6.45) is 5.69. The van der Waals surface area contributed by atoms with Gasteiger partial charge in [-0.25, -0.2) is 4.98 Å². The summed E-state index contributed by atoms with van der Waals surface area (Å²) in [5.74, 6) is 1.28. The van der Waals surface area contributed by atoms with E-state index in [1.54, 1.807) is 0 Å². The summed E-state index contributed by atoms with van der Waals surface area (Å²) >= 11 is 0. The van der Waals surface area contributed by atoms with Crippen molar-refractivity contribution < 1.29 is 9.90 Å². The van der Waals surface area contributed by atoms with E-state index in [2.05, 4.69) is 37.9 Å². The first-order chi connectivity index (χ1) is 14.7. The van der Waals surface area contributed by atoms with Gasteiger partial charge in [-0.3, -0.25) is 9.69 Å². The highest BCUT2D eigenvalue weighted by atomic mass is 16.3. The van der Waals surface area contributed by atoms with Crippen LogP contribution in [0.2, 0.25) is 0 Å². The monoisotopic (exact) mass is 406 g/mol.